The summed E-state index contributed by atoms with van der Waals surface area (Å²) in [6.45, 7) is 2.94. The highest BCUT2D eigenvalue weighted by Crippen LogP contribution is 2.31. The summed E-state index contributed by atoms with van der Waals surface area (Å²) in [5.41, 5.74) is 2.71. The number of hydrogen-bond donors (Lipinski definition) is 2. The molecule has 0 spiro atoms. The van der Waals surface area contributed by atoms with Gasteiger partial charge in [-0.15, -0.1) is 0 Å². The summed E-state index contributed by atoms with van der Waals surface area (Å²) in [6.07, 6.45) is 2.77. The zero-order valence-corrected chi connectivity index (χ0v) is 18.7. The Hall–Kier alpha value is -2.74. The minimum atomic E-state index is -0.331. The summed E-state index contributed by atoms with van der Waals surface area (Å²) in [4.78, 5) is 13.9. The summed E-state index contributed by atoms with van der Waals surface area (Å²) in [5, 5.41) is 7.63. The van der Waals surface area contributed by atoms with Gasteiger partial charge in [0.1, 0.15) is 17.2 Å². The zero-order chi connectivity index (χ0) is 22.1. The first-order valence-corrected chi connectivity index (χ1v) is 11.2. The van der Waals surface area contributed by atoms with Crippen molar-refractivity contribution in [3.8, 4) is 11.4 Å². The molecule has 1 saturated heterocycles. The first-order chi connectivity index (χ1) is 15.6. The van der Waals surface area contributed by atoms with Crippen molar-refractivity contribution in [3.05, 3.63) is 70.1 Å². The molecule has 5 rings (SSSR count). The molecule has 6 nitrogen and oxygen atoms in total. The molecule has 1 atom stereocenters. The van der Waals surface area contributed by atoms with Crippen LogP contribution < -0.4 is 10.6 Å². The predicted molar refractivity (Wildman–Crippen MR) is 125 cm³/mol. The van der Waals surface area contributed by atoms with E-state index in [1.807, 2.05) is 24.3 Å². The van der Waals surface area contributed by atoms with Crippen molar-refractivity contribution in [3.63, 3.8) is 0 Å². The Morgan fingerprint density at radius 1 is 1.16 bits per heavy atom. The second-order valence-electron chi connectivity index (χ2n) is 7.88. The van der Waals surface area contributed by atoms with E-state index in [1.54, 1.807) is 12.3 Å². The van der Waals surface area contributed by atoms with Crippen molar-refractivity contribution >= 4 is 40.3 Å². The molecule has 2 aromatic carbocycles. The monoisotopic (exact) mass is 470 g/mol. The van der Waals surface area contributed by atoms with Crippen molar-refractivity contribution in [2.24, 2.45) is 5.92 Å². The largest absolute Gasteiger partial charge is 0.350 e. The van der Waals surface area contributed by atoms with Crippen LogP contribution in [0.25, 0.3) is 22.6 Å². The van der Waals surface area contributed by atoms with E-state index in [0.717, 1.165) is 43.1 Å². The predicted octanol–water partition coefficient (Wildman–Crippen LogP) is 5.16. The minimum absolute atomic E-state index is 0.218. The molecular formula is C23H21Cl2FN6. The third-order valence-electron chi connectivity index (χ3n) is 5.65. The van der Waals surface area contributed by atoms with Gasteiger partial charge >= 0.3 is 0 Å². The molecule has 1 unspecified atom stereocenters. The minimum Gasteiger partial charge on any atom is -0.350 e. The fourth-order valence-corrected chi connectivity index (χ4v) is 4.42. The number of nitrogens with one attached hydrogen (secondary N) is 2. The third kappa shape index (κ3) is 4.28. The van der Waals surface area contributed by atoms with Crippen LogP contribution in [0.4, 0.5) is 10.3 Å². The molecule has 9 heteroatoms. The number of rotatable bonds is 6. The topological polar surface area (TPSA) is 67.7 Å². The highest BCUT2D eigenvalue weighted by molar-refractivity contribution is 6.33. The fourth-order valence-electron chi connectivity index (χ4n) is 4.01. The number of imidazole rings is 1. The number of aromatic nitrogens is 4. The van der Waals surface area contributed by atoms with Crippen molar-refractivity contribution < 1.29 is 4.39 Å². The normalized spacial score (nSPS) is 16.0. The first kappa shape index (κ1) is 21.1. The number of benzene rings is 2. The number of nitrogens with zero attached hydrogens (tertiary/aromatic N) is 4. The summed E-state index contributed by atoms with van der Waals surface area (Å²) >= 11 is 12.5. The molecule has 1 fully saturated rings. The fraction of sp³-hybridized carbons (Fsp3) is 0.261. The van der Waals surface area contributed by atoms with E-state index in [9.17, 15) is 4.39 Å². The van der Waals surface area contributed by atoms with Crippen molar-refractivity contribution in [2.75, 3.05) is 18.4 Å². The molecule has 164 valence electrons. The van der Waals surface area contributed by atoms with Crippen molar-refractivity contribution in [2.45, 2.75) is 19.5 Å². The van der Waals surface area contributed by atoms with Gasteiger partial charge in [0.25, 0.3) is 0 Å². The van der Waals surface area contributed by atoms with Gasteiger partial charge in [0, 0.05) is 29.2 Å². The molecule has 3 heterocycles. The van der Waals surface area contributed by atoms with E-state index in [1.165, 1.54) is 12.1 Å². The van der Waals surface area contributed by atoms with Gasteiger partial charge in [-0.25, -0.2) is 14.4 Å². The number of anilines is 1. The van der Waals surface area contributed by atoms with Gasteiger partial charge in [0.15, 0.2) is 5.65 Å². The summed E-state index contributed by atoms with van der Waals surface area (Å²) in [7, 11) is 0. The molecule has 1 aliphatic heterocycles. The summed E-state index contributed by atoms with van der Waals surface area (Å²) < 4.78 is 16.2. The van der Waals surface area contributed by atoms with Gasteiger partial charge in [-0.1, -0.05) is 35.3 Å². The highest BCUT2D eigenvalue weighted by Gasteiger charge is 2.22. The standard InChI is InChI=1S/C23H21Cl2FN6/c24-16-5-6-19(26)15(9-16)11-28-23-29-12-20-22(31-23)32(13-14-7-8-27-10-14)21(30-20)17-3-1-2-4-18(17)25/h1-6,9,12,14,27H,7-8,10-11,13H2,(H,28,29,31). The second kappa shape index (κ2) is 9.02. The van der Waals surface area contributed by atoms with Crippen LogP contribution in [0.1, 0.15) is 12.0 Å². The molecule has 0 amide bonds. The Morgan fingerprint density at radius 2 is 2.03 bits per heavy atom. The Labute approximate surface area is 194 Å². The van der Waals surface area contributed by atoms with E-state index < -0.39 is 0 Å². The molecular weight excluding hydrogens is 450 g/mol. The van der Waals surface area contributed by atoms with E-state index >= 15 is 0 Å². The maximum absolute atomic E-state index is 14.1. The van der Waals surface area contributed by atoms with E-state index in [-0.39, 0.29) is 12.4 Å². The molecule has 0 radical (unpaired) electrons. The lowest BCUT2D eigenvalue weighted by molar-refractivity contribution is 0.490. The molecule has 4 aromatic rings. The van der Waals surface area contributed by atoms with E-state index in [4.69, 9.17) is 33.2 Å². The second-order valence-corrected chi connectivity index (χ2v) is 8.72. The number of halogens is 3. The molecule has 1 aliphatic rings. The Balaban J connectivity index is 1.52. The van der Waals surface area contributed by atoms with Gasteiger partial charge in [0.05, 0.1) is 11.2 Å². The van der Waals surface area contributed by atoms with E-state index in [0.29, 0.717) is 33.0 Å². The quantitative estimate of drug-likeness (QED) is 0.407. The molecule has 2 N–H and O–H groups in total. The lowest BCUT2D eigenvalue weighted by Gasteiger charge is -2.14. The maximum atomic E-state index is 14.1. The van der Waals surface area contributed by atoms with Crippen LogP contribution in [-0.2, 0) is 13.1 Å². The highest BCUT2D eigenvalue weighted by atomic mass is 35.5. The van der Waals surface area contributed by atoms with Crippen LogP contribution in [-0.4, -0.2) is 32.6 Å². The van der Waals surface area contributed by atoms with E-state index in [2.05, 4.69) is 20.2 Å². The molecule has 0 bridgehead atoms. The smallest absolute Gasteiger partial charge is 0.225 e. The van der Waals surface area contributed by atoms with Crippen molar-refractivity contribution in [1.82, 2.24) is 24.8 Å². The lowest BCUT2D eigenvalue weighted by atomic mass is 10.1. The van der Waals surface area contributed by atoms with Crippen LogP contribution in [0.3, 0.4) is 0 Å². The molecule has 32 heavy (non-hydrogen) atoms. The van der Waals surface area contributed by atoms with Gasteiger partial charge in [-0.05, 0) is 55.8 Å². The molecule has 2 aromatic heterocycles. The van der Waals surface area contributed by atoms with Crippen LogP contribution in [0.15, 0.2) is 48.7 Å². The summed E-state index contributed by atoms with van der Waals surface area (Å²) in [5.74, 6) is 1.31. The SMILES string of the molecule is Fc1ccc(Cl)cc1CNc1ncc2nc(-c3ccccc3Cl)n(CC3CCNC3)c2n1. The Kier molecular flexibility index (Phi) is 5.95. The Morgan fingerprint density at radius 3 is 2.84 bits per heavy atom. The average Bonchev–Trinajstić information content (AvgIpc) is 3.43. The van der Waals surface area contributed by atoms with Crippen molar-refractivity contribution in [1.29, 1.82) is 0 Å². The number of fused-ring (bicyclic) bond motifs is 1. The van der Waals surface area contributed by atoms with Crippen LogP contribution in [0, 0.1) is 11.7 Å². The van der Waals surface area contributed by atoms with Crippen LogP contribution >= 0.6 is 23.2 Å². The third-order valence-corrected chi connectivity index (χ3v) is 6.22. The van der Waals surface area contributed by atoms with Crippen LogP contribution in [0.2, 0.25) is 10.0 Å². The first-order valence-electron chi connectivity index (χ1n) is 10.4. The lowest BCUT2D eigenvalue weighted by Crippen LogP contribution is -2.16. The average molecular weight is 471 g/mol. The van der Waals surface area contributed by atoms with Gasteiger partial charge in [-0.3, -0.25) is 0 Å². The molecule has 0 saturated carbocycles. The Bertz CT molecular complexity index is 1270. The molecule has 0 aliphatic carbocycles. The van der Waals surface area contributed by atoms with Gasteiger partial charge in [0.2, 0.25) is 5.95 Å². The maximum Gasteiger partial charge on any atom is 0.225 e. The van der Waals surface area contributed by atoms with Gasteiger partial charge < -0.3 is 15.2 Å². The zero-order valence-electron chi connectivity index (χ0n) is 17.2. The van der Waals surface area contributed by atoms with Crippen LogP contribution in [0.5, 0.6) is 0 Å². The summed E-state index contributed by atoms with van der Waals surface area (Å²) in [6, 6.07) is 12.1. The number of hydrogen-bond acceptors (Lipinski definition) is 5. The van der Waals surface area contributed by atoms with Gasteiger partial charge in [-0.2, -0.15) is 4.98 Å².